The molecule has 0 amide bonds. The van der Waals surface area contributed by atoms with E-state index < -0.39 is 0 Å². The van der Waals surface area contributed by atoms with Gasteiger partial charge in [-0.3, -0.25) is 4.79 Å². The number of nitrogens with zero attached hydrogens (tertiary/aromatic N) is 5. The lowest BCUT2D eigenvalue weighted by Gasteiger charge is -2.09. The number of H-pyrrole nitrogens is 1. The smallest absolute Gasteiger partial charge is 0.254 e. The van der Waals surface area contributed by atoms with Crippen molar-refractivity contribution in [3.8, 4) is 11.9 Å². The second-order valence-electron chi connectivity index (χ2n) is 5.30. The fourth-order valence-corrected chi connectivity index (χ4v) is 2.60. The molecule has 3 aromatic heterocycles. The minimum Gasteiger partial charge on any atom is -0.313 e. The molecule has 0 atom stereocenters. The van der Waals surface area contributed by atoms with Gasteiger partial charge in [-0.2, -0.15) is 10.4 Å². The Kier molecular flexibility index (Phi) is 4.47. The molecule has 0 spiro atoms. The molecule has 120 valence electrons. The van der Waals surface area contributed by atoms with Gasteiger partial charge in [-0.15, -0.1) is 0 Å². The molecule has 7 heteroatoms. The topological polar surface area (TPSA) is 100 Å². The summed E-state index contributed by atoms with van der Waals surface area (Å²) in [7, 11) is 0. The standard InChI is InChI=1S/C17H16N6O/c1-2-4-14-15(20-11-21-17(14)24)9-13-6-8-22-23(13)16-12(10-18)5-3-7-19-16/h3,5-8,11H,2,4,9H2,1H3,(H,20,21,24). The van der Waals surface area contributed by atoms with E-state index in [1.165, 1.54) is 6.33 Å². The van der Waals surface area contributed by atoms with E-state index in [-0.39, 0.29) is 5.56 Å². The van der Waals surface area contributed by atoms with Crippen LogP contribution in [0.3, 0.4) is 0 Å². The normalized spacial score (nSPS) is 10.5. The van der Waals surface area contributed by atoms with Crippen molar-refractivity contribution in [3.05, 3.63) is 69.8 Å². The van der Waals surface area contributed by atoms with E-state index in [1.807, 2.05) is 13.0 Å². The van der Waals surface area contributed by atoms with Crippen molar-refractivity contribution in [2.45, 2.75) is 26.2 Å². The van der Waals surface area contributed by atoms with E-state index in [9.17, 15) is 10.1 Å². The molecule has 0 aliphatic heterocycles. The third kappa shape index (κ3) is 2.94. The maximum absolute atomic E-state index is 12.0. The molecule has 3 rings (SSSR count). The van der Waals surface area contributed by atoms with E-state index >= 15 is 0 Å². The van der Waals surface area contributed by atoms with Gasteiger partial charge in [-0.25, -0.2) is 14.6 Å². The number of hydrogen-bond donors (Lipinski definition) is 1. The summed E-state index contributed by atoms with van der Waals surface area (Å²) >= 11 is 0. The number of pyridine rings is 1. The first-order valence-electron chi connectivity index (χ1n) is 7.68. The minimum absolute atomic E-state index is 0.108. The van der Waals surface area contributed by atoms with Crippen molar-refractivity contribution < 1.29 is 0 Å². The number of hydrogen-bond acceptors (Lipinski definition) is 5. The Morgan fingerprint density at radius 3 is 2.96 bits per heavy atom. The van der Waals surface area contributed by atoms with Crippen LogP contribution in [-0.4, -0.2) is 24.7 Å². The summed E-state index contributed by atoms with van der Waals surface area (Å²) in [5, 5.41) is 13.5. The van der Waals surface area contributed by atoms with Gasteiger partial charge in [0.05, 0.1) is 23.3 Å². The van der Waals surface area contributed by atoms with E-state index in [4.69, 9.17) is 0 Å². The van der Waals surface area contributed by atoms with Crippen LogP contribution in [0.5, 0.6) is 0 Å². The first-order valence-corrected chi connectivity index (χ1v) is 7.68. The van der Waals surface area contributed by atoms with E-state index in [0.29, 0.717) is 29.8 Å². The zero-order valence-corrected chi connectivity index (χ0v) is 13.2. The van der Waals surface area contributed by atoms with Gasteiger partial charge in [0, 0.05) is 24.4 Å². The van der Waals surface area contributed by atoms with Crippen molar-refractivity contribution in [2.75, 3.05) is 0 Å². The first kappa shape index (κ1) is 15.6. The number of rotatable bonds is 5. The van der Waals surface area contributed by atoms with Crippen molar-refractivity contribution in [1.82, 2.24) is 24.7 Å². The van der Waals surface area contributed by atoms with Gasteiger partial charge < -0.3 is 4.98 Å². The van der Waals surface area contributed by atoms with Crippen molar-refractivity contribution in [1.29, 1.82) is 5.26 Å². The summed E-state index contributed by atoms with van der Waals surface area (Å²) in [6.07, 6.45) is 6.66. The third-order valence-electron chi connectivity index (χ3n) is 3.72. The maximum atomic E-state index is 12.0. The Morgan fingerprint density at radius 2 is 2.17 bits per heavy atom. The summed E-state index contributed by atoms with van der Waals surface area (Å²) < 4.78 is 1.62. The number of aromatic amines is 1. The van der Waals surface area contributed by atoms with Crippen LogP contribution in [0.2, 0.25) is 0 Å². The molecule has 0 radical (unpaired) electrons. The molecule has 24 heavy (non-hydrogen) atoms. The summed E-state index contributed by atoms with van der Waals surface area (Å²) in [6, 6.07) is 7.37. The highest BCUT2D eigenvalue weighted by Gasteiger charge is 2.14. The molecule has 0 aliphatic carbocycles. The van der Waals surface area contributed by atoms with E-state index in [1.54, 1.807) is 29.2 Å². The highest BCUT2D eigenvalue weighted by atomic mass is 16.1. The number of nitrogens with one attached hydrogen (secondary N) is 1. The quantitative estimate of drug-likeness (QED) is 0.772. The van der Waals surface area contributed by atoms with Crippen molar-refractivity contribution >= 4 is 0 Å². The molecule has 0 aliphatic rings. The lowest BCUT2D eigenvalue weighted by atomic mass is 10.1. The Bertz CT molecular complexity index is 950. The monoisotopic (exact) mass is 320 g/mol. The molecule has 7 nitrogen and oxygen atoms in total. The molecular formula is C17H16N6O. The van der Waals surface area contributed by atoms with Crippen LogP contribution in [0.4, 0.5) is 0 Å². The molecule has 1 N–H and O–H groups in total. The van der Waals surface area contributed by atoms with Crippen LogP contribution in [0.1, 0.15) is 35.9 Å². The zero-order valence-electron chi connectivity index (χ0n) is 13.2. The molecule has 0 fully saturated rings. The molecule has 0 bridgehead atoms. The van der Waals surface area contributed by atoms with Crippen LogP contribution in [0.15, 0.2) is 41.7 Å². The Balaban J connectivity index is 2.03. The van der Waals surface area contributed by atoms with Crippen LogP contribution >= 0.6 is 0 Å². The maximum Gasteiger partial charge on any atom is 0.254 e. The second kappa shape index (κ2) is 6.87. The lowest BCUT2D eigenvalue weighted by Crippen LogP contribution is -2.18. The molecular weight excluding hydrogens is 304 g/mol. The van der Waals surface area contributed by atoms with Crippen molar-refractivity contribution in [2.24, 2.45) is 0 Å². The SMILES string of the molecule is CCCc1c(Cc2ccnn2-c2ncccc2C#N)nc[nH]c1=O. The largest absolute Gasteiger partial charge is 0.313 e. The first-order chi connectivity index (χ1) is 11.7. The highest BCUT2D eigenvalue weighted by Crippen LogP contribution is 2.16. The van der Waals surface area contributed by atoms with Crippen LogP contribution < -0.4 is 5.56 Å². The van der Waals surface area contributed by atoms with Gasteiger partial charge >= 0.3 is 0 Å². The van der Waals surface area contributed by atoms with Gasteiger partial charge in [-0.05, 0) is 24.6 Å². The predicted octanol–water partition coefficient (Wildman–Crippen LogP) is 1.77. The molecule has 3 heterocycles. The Labute approximate surface area is 138 Å². The fraction of sp³-hybridized carbons (Fsp3) is 0.235. The number of nitriles is 1. The Hall–Kier alpha value is -3.27. The number of aromatic nitrogens is 5. The zero-order chi connectivity index (χ0) is 16.9. The average molecular weight is 320 g/mol. The Morgan fingerprint density at radius 1 is 1.29 bits per heavy atom. The van der Waals surface area contributed by atoms with E-state index in [0.717, 1.165) is 17.8 Å². The van der Waals surface area contributed by atoms with Gasteiger partial charge in [-0.1, -0.05) is 13.3 Å². The van der Waals surface area contributed by atoms with Gasteiger partial charge in [0.1, 0.15) is 6.07 Å². The minimum atomic E-state index is -0.108. The second-order valence-corrected chi connectivity index (χ2v) is 5.30. The third-order valence-corrected chi connectivity index (χ3v) is 3.72. The average Bonchev–Trinajstić information content (AvgIpc) is 3.06. The molecule has 0 aromatic carbocycles. The summed E-state index contributed by atoms with van der Waals surface area (Å²) in [4.78, 5) is 23.3. The highest BCUT2D eigenvalue weighted by molar-refractivity contribution is 5.43. The predicted molar refractivity (Wildman–Crippen MR) is 87.7 cm³/mol. The van der Waals surface area contributed by atoms with Gasteiger partial charge in [0.15, 0.2) is 5.82 Å². The van der Waals surface area contributed by atoms with Crippen molar-refractivity contribution in [3.63, 3.8) is 0 Å². The molecule has 0 saturated heterocycles. The van der Waals surface area contributed by atoms with E-state index in [2.05, 4.69) is 26.1 Å². The van der Waals surface area contributed by atoms with Gasteiger partial charge in [0.25, 0.3) is 5.56 Å². The fourth-order valence-electron chi connectivity index (χ4n) is 2.60. The summed E-state index contributed by atoms with van der Waals surface area (Å²) in [5.41, 5.74) is 2.56. The molecule has 0 saturated carbocycles. The molecule has 3 aromatic rings. The van der Waals surface area contributed by atoms with Crippen LogP contribution in [-0.2, 0) is 12.8 Å². The van der Waals surface area contributed by atoms with Crippen LogP contribution in [0, 0.1) is 11.3 Å². The van der Waals surface area contributed by atoms with Crippen LogP contribution in [0.25, 0.3) is 5.82 Å². The summed E-state index contributed by atoms with van der Waals surface area (Å²) in [5.74, 6) is 0.474. The summed E-state index contributed by atoms with van der Waals surface area (Å²) in [6.45, 7) is 2.02. The lowest BCUT2D eigenvalue weighted by molar-refractivity contribution is 0.775. The molecule has 0 unspecified atom stereocenters. The van der Waals surface area contributed by atoms with Gasteiger partial charge in [0.2, 0.25) is 0 Å².